The summed E-state index contributed by atoms with van der Waals surface area (Å²) >= 11 is 1.33. The van der Waals surface area contributed by atoms with Crippen LogP contribution in [-0.2, 0) is 16.0 Å². The second kappa shape index (κ2) is 9.71. The highest BCUT2D eigenvalue weighted by Gasteiger charge is 2.48. The monoisotopic (exact) mass is 538 g/mol. The van der Waals surface area contributed by atoms with Crippen molar-refractivity contribution < 1.29 is 24.2 Å². The largest absolute Gasteiger partial charge is 0.507 e. The van der Waals surface area contributed by atoms with E-state index in [4.69, 9.17) is 14.5 Å². The number of ketones is 1. The van der Waals surface area contributed by atoms with Crippen LogP contribution in [0.2, 0.25) is 0 Å². The van der Waals surface area contributed by atoms with Crippen molar-refractivity contribution >= 4 is 44.1 Å². The van der Waals surface area contributed by atoms with Gasteiger partial charge in [0.05, 0.1) is 21.8 Å². The third-order valence-electron chi connectivity index (χ3n) is 6.89. The van der Waals surface area contributed by atoms with Crippen molar-refractivity contribution in [2.75, 3.05) is 11.5 Å². The number of nitrogens with zero attached hydrogens (tertiary/aromatic N) is 2. The highest BCUT2D eigenvalue weighted by Crippen LogP contribution is 2.45. The fourth-order valence-corrected chi connectivity index (χ4v) is 6.21. The molecule has 0 aliphatic carbocycles. The van der Waals surface area contributed by atoms with Gasteiger partial charge in [-0.25, -0.2) is 4.98 Å². The Morgan fingerprint density at radius 3 is 2.87 bits per heavy atom. The number of aliphatic hydroxyl groups is 1. The van der Waals surface area contributed by atoms with E-state index in [0.717, 1.165) is 27.1 Å². The maximum atomic E-state index is 13.6. The molecule has 3 aromatic carbocycles. The van der Waals surface area contributed by atoms with Gasteiger partial charge in [0.2, 0.25) is 0 Å². The highest BCUT2D eigenvalue weighted by molar-refractivity contribution is 7.22. The van der Waals surface area contributed by atoms with Crippen LogP contribution in [0.4, 0.5) is 5.13 Å². The number of thiazole rings is 1. The van der Waals surface area contributed by atoms with Gasteiger partial charge in [0.25, 0.3) is 5.78 Å². The molecule has 0 spiro atoms. The quantitative estimate of drug-likeness (QED) is 0.138. The topological polar surface area (TPSA) is 89.0 Å². The summed E-state index contributed by atoms with van der Waals surface area (Å²) in [6, 6.07) is 17.4. The third kappa shape index (κ3) is 4.36. The number of ether oxygens (including phenoxy) is 2. The van der Waals surface area contributed by atoms with Crippen molar-refractivity contribution in [2.24, 2.45) is 0 Å². The number of aryl methyl sites for hydroxylation is 1. The molecule has 8 heteroatoms. The molecule has 2 aliphatic heterocycles. The Bertz CT molecular complexity index is 1690. The molecule has 0 unspecified atom stereocenters. The van der Waals surface area contributed by atoms with E-state index in [9.17, 15) is 14.7 Å². The van der Waals surface area contributed by atoms with Crippen molar-refractivity contribution in [3.63, 3.8) is 0 Å². The minimum atomic E-state index is -0.901. The van der Waals surface area contributed by atoms with E-state index in [2.05, 4.69) is 6.58 Å². The fraction of sp³-hybridized carbons (Fsp3) is 0.194. The Kier molecular flexibility index (Phi) is 6.19. The summed E-state index contributed by atoms with van der Waals surface area (Å²) in [6.07, 6.45) is 2.37. The van der Waals surface area contributed by atoms with E-state index in [1.807, 2.05) is 44.2 Å². The second-order valence-electron chi connectivity index (χ2n) is 9.76. The molecule has 1 fully saturated rings. The van der Waals surface area contributed by atoms with E-state index >= 15 is 0 Å². The van der Waals surface area contributed by atoms with Gasteiger partial charge >= 0.3 is 5.91 Å². The first-order valence-corrected chi connectivity index (χ1v) is 13.5. The van der Waals surface area contributed by atoms with Crippen LogP contribution in [0.25, 0.3) is 16.0 Å². The maximum Gasteiger partial charge on any atom is 0.301 e. The predicted molar refractivity (Wildman–Crippen MR) is 152 cm³/mol. The molecule has 3 heterocycles. The minimum Gasteiger partial charge on any atom is -0.507 e. The van der Waals surface area contributed by atoms with Crippen LogP contribution >= 0.6 is 11.3 Å². The number of anilines is 1. The number of hydrogen-bond acceptors (Lipinski definition) is 7. The van der Waals surface area contributed by atoms with Crippen molar-refractivity contribution in [3.05, 3.63) is 101 Å². The van der Waals surface area contributed by atoms with Gasteiger partial charge in [-0.05, 0) is 73.0 Å². The summed E-state index contributed by atoms with van der Waals surface area (Å²) in [5.41, 5.74) is 3.82. The number of benzene rings is 3. The number of carbonyl (C=O) groups excluding carboxylic acids is 2. The van der Waals surface area contributed by atoms with Crippen LogP contribution in [0.1, 0.15) is 35.2 Å². The van der Waals surface area contributed by atoms with Gasteiger partial charge in [-0.2, -0.15) is 0 Å². The van der Waals surface area contributed by atoms with Crippen LogP contribution < -0.4 is 14.4 Å². The fourth-order valence-electron chi connectivity index (χ4n) is 5.12. The lowest BCUT2D eigenvalue weighted by atomic mass is 9.94. The summed E-state index contributed by atoms with van der Waals surface area (Å²) in [5, 5.41) is 12.0. The molecule has 7 nitrogen and oxygen atoms in total. The van der Waals surface area contributed by atoms with E-state index < -0.39 is 17.7 Å². The number of Topliss-reactive ketones (excluding diaryl/α,β-unsaturated/α-hetero) is 1. The number of carbonyl (C=O) groups is 2. The van der Waals surface area contributed by atoms with E-state index in [1.165, 1.54) is 16.2 Å². The number of fused-ring (bicyclic) bond motifs is 2. The van der Waals surface area contributed by atoms with Crippen molar-refractivity contribution in [1.82, 2.24) is 4.98 Å². The van der Waals surface area contributed by atoms with Gasteiger partial charge in [-0.3, -0.25) is 14.5 Å². The van der Waals surface area contributed by atoms with Crippen LogP contribution in [0, 0.1) is 6.92 Å². The zero-order valence-corrected chi connectivity index (χ0v) is 22.3. The third-order valence-corrected chi connectivity index (χ3v) is 7.91. The predicted octanol–water partition coefficient (Wildman–Crippen LogP) is 6.12. The SMILES string of the molecule is C=CCOc1cccc([C@H]2C(=C(O)c3ccc4c(c3)C[C@@H](C)O4)C(=O)C(=O)N2c2nc3ccc(C)cc3s2)c1. The smallest absolute Gasteiger partial charge is 0.301 e. The van der Waals surface area contributed by atoms with Crippen molar-refractivity contribution in [2.45, 2.75) is 32.4 Å². The summed E-state index contributed by atoms with van der Waals surface area (Å²) < 4.78 is 12.4. The van der Waals surface area contributed by atoms with Gasteiger partial charge in [-0.15, -0.1) is 0 Å². The Balaban J connectivity index is 1.53. The first-order chi connectivity index (χ1) is 18.8. The van der Waals surface area contributed by atoms with E-state index in [0.29, 0.717) is 35.0 Å². The average Bonchev–Trinajstić information content (AvgIpc) is 3.59. The second-order valence-corrected chi connectivity index (χ2v) is 10.8. The first kappa shape index (κ1) is 24.9. The number of aliphatic hydroxyl groups excluding tert-OH is 1. The lowest BCUT2D eigenvalue weighted by Gasteiger charge is -2.23. The Labute approximate surface area is 229 Å². The van der Waals surface area contributed by atoms with Gasteiger partial charge in [-0.1, -0.05) is 42.2 Å². The molecule has 0 saturated carbocycles. The summed E-state index contributed by atoms with van der Waals surface area (Å²) in [6.45, 7) is 7.96. The zero-order valence-electron chi connectivity index (χ0n) is 21.5. The molecule has 2 aliphatic rings. The molecule has 0 bridgehead atoms. The molecule has 1 N–H and O–H groups in total. The molecular formula is C31H26N2O5S. The standard InChI is InChI=1S/C31H26N2O5S/c1-4-12-37-22-7-5-6-19(16-22)27-26(28(34)20-9-11-24-21(15-20)14-18(3)38-24)29(35)30(36)33(27)31-32-23-10-8-17(2)13-25(23)39-31/h4-11,13,15-16,18,27,34H,1,12,14H2,2-3H3/t18-,27+/m1/s1. The van der Waals surface area contributed by atoms with Gasteiger partial charge in [0, 0.05) is 12.0 Å². The summed E-state index contributed by atoms with van der Waals surface area (Å²) in [7, 11) is 0. The molecule has 1 aromatic heterocycles. The molecule has 1 amide bonds. The zero-order chi connectivity index (χ0) is 27.3. The van der Waals surface area contributed by atoms with Crippen LogP contribution in [-0.4, -0.2) is 34.5 Å². The Morgan fingerprint density at radius 1 is 1.21 bits per heavy atom. The Morgan fingerprint density at radius 2 is 2.05 bits per heavy atom. The summed E-state index contributed by atoms with van der Waals surface area (Å²) in [5.74, 6) is -0.435. The lowest BCUT2D eigenvalue weighted by Crippen LogP contribution is -2.29. The molecular weight excluding hydrogens is 512 g/mol. The highest BCUT2D eigenvalue weighted by atomic mass is 32.1. The molecule has 196 valence electrons. The maximum absolute atomic E-state index is 13.6. The molecule has 4 aromatic rings. The lowest BCUT2D eigenvalue weighted by molar-refractivity contribution is -0.132. The van der Waals surface area contributed by atoms with E-state index in [-0.39, 0.29) is 17.4 Å². The molecule has 0 radical (unpaired) electrons. The average molecular weight is 539 g/mol. The molecule has 2 atom stereocenters. The molecule has 1 saturated heterocycles. The van der Waals surface area contributed by atoms with Crippen molar-refractivity contribution in [3.8, 4) is 11.5 Å². The molecule has 39 heavy (non-hydrogen) atoms. The minimum absolute atomic E-state index is 0.00298. The van der Waals surface area contributed by atoms with Gasteiger partial charge in [0.15, 0.2) is 5.13 Å². The summed E-state index contributed by atoms with van der Waals surface area (Å²) in [4.78, 5) is 33.3. The number of amides is 1. The van der Waals surface area contributed by atoms with Crippen LogP contribution in [0.15, 0.2) is 78.9 Å². The Hall–Kier alpha value is -4.43. The van der Waals surface area contributed by atoms with Gasteiger partial charge < -0.3 is 14.6 Å². The van der Waals surface area contributed by atoms with Crippen molar-refractivity contribution in [1.29, 1.82) is 0 Å². The number of hydrogen-bond donors (Lipinski definition) is 1. The normalized spacial score (nSPS) is 19.8. The van der Waals surface area contributed by atoms with Crippen LogP contribution in [0.3, 0.4) is 0 Å². The first-order valence-electron chi connectivity index (χ1n) is 12.7. The molecule has 6 rings (SSSR count). The van der Waals surface area contributed by atoms with Gasteiger partial charge in [0.1, 0.15) is 30.0 Å². The number of aromatic nitrogens is 1. The van der Waals surface area contributed by atoms with Crippen LogP contribution in [0.5, 0.6) is 11.5 Å². The number of rotatable bonds is 6. The van der Waals surface area contributed by atoms with E-state index in [1.54, 1.807) is 36.4 Å².